The molecule has 7 nitrogen and oxygen atoms in total. The second kappa shape index (κ2) is 26.7. The maximum Gasteiger partial charge on any atom is 0.305 e. The average Bonchev–Trinajstić information content (AvgIpc) is 3.65. The van der Waals surface area contributed by atoms with Crippen LogP contribution < -0.4 is 0 Å². The first kappa shape index (κ1) is 53.1. The minimum atomic E-state index is -1.47. The number of ether oxygens (including phenoxy) is 3. The van der Waals surface area contributed by atoms with E-state index >= 15 is 0 Å². The highest BCUT2D eigenvalue weighted by Crippen LogP contribution is 2.67. The third-order valence-corrected chi connectivity index (χ3v) is 16.5. The molecule has 4 fully saturated rings. The van der Waals surface area contributed by atoms with E-state index in [4.69, 9.17) is 14.2 Å². The zero-order valence-corrected chi connectivity index (χ0v) is 41.6. The van der Waals surface area contributed by atoms with E-state index in [0.29, 0.717) is 35.5 Å². The molecule has 65 heavy (non-hydrogen) atoms. The summed E-state index contributed by atoms with van der Waals surface area (Å²) in [6, 6.07) is 0. The predicted octanol–water partition coefficient (Wildman–Crippen LogP) is 13.0. The Hall–Kier alpha value is -2.81. The van der Waals surface area contributed by atoms with Gasteiger partial charge in [0.1, 0.15) is 31.0 Å². The molecule has 14 atom stereocenters. The van der Waals surface area contributed by atoms with E-state index in [9.17, 15) is 20.1 Å². The molecule has 1 saturated heterocycles. The molecule has 0 spiro atoms. The van der Waals surface area contributed by atoms with Gasteiger partial charge in [0.2, 0.25) is 0 Å². The number of aliphatic hydroxyl groups excluding tert-OH is 3. The van der Waals surface area contributed by atoms with Crippen LogP contribution in [0.5, 0.6) is 0 Å². The van der Waals surface area contributed by atoms with Gasteiger partial charge in [-0.3, -0.25) is 4.79 Å². The first-order chi connectivity index (χ1) is 31.3. The standard InChI is InChI=1S/C58H90O7/c1-8-9-10-11-12-13-14-15-16-17-18-19-20-21-22-23-24-25-26-27-28-29-52(59)63-41-51-53(60)54(61)55(62)56(65-51)64-46-36-38-57(6)45(40-46)32-33-47-49-35-34-48(58(49,7)39-37-50(47)57)44(5)31-30-43(4)42(2)3/h9-10,12-13,15-16,18-19,21-22,24-25,30-32,42-44,46-51,53-56,60-62H,8,11,14,17,20,23,26-29,33-41H2,1-7H3/b10-9-,13-12-,16-15-,19-18-,22-21-,25-24-,31-30+. The molecular weight excluding hydrogens is 809 g/mol. The van der Waals surface area contributed by atoms with Crippen LogP contribution in [0.3, 0.4) is 0 Å². The smallest absolute Gasteiger partial charge is 0.305 e. The molecule has 0 amide bonds. The van der Waals surface area contributed by atoms with Crippen LogP contribution in [0.1, 0.15) is 164 Å². The number of rotatable bonds is 24. The van der Waals surface area contributed by atoms with Crippen molar-refractivity contribution in [3.05, 3.63) is 96.7 Å². The van der Waals surface area contributed by atoms with Gasteiger partial charge in [0.05, 0.1) is 6.10 Å². The SMILES string of the molecule is CC/C=C\C/C=C\C/C=C\C/C=C\C/C=C\C/C=C\CCCCC(=O)OCC1OC(OC2CCC3(C)C(=CCC4C3CCC3(C)C(C(C)/C=C/C(C)C(C)C)CCC43)C2)C(O)C(O)C1O. The van der Waals surface area contributed by atoms with Crippen LogP contribution in [0.4, 0.5) is 0 Å². The number of aliphatic hydroxyl groups is 3. The topological polar surface area (TPSA) is 105 Å². The van der Waals surface area contributed by atoms with E-state index in [0.717, 1.165) is 94.8 Å². The number of carbonyl (C=O) groups is 1. The number of hydrogen-bond acceptors (Lipinski definition) is 7. The summed E-state index contributed by atoms with van der Waals surface area (Å²) >= 11 is 0. The number of esters is 1. The Morgan fingerprint density at radius 3 is 2.02 bits per heavy atom. The van der Waals surface area contributed by atoms with Gasteiger partial charge in [0.15, 0.2) is 6.29 Å². The third kappa shape index (κ3) is 14.8. The molecule has 3 saturated carbocycles. The van der Waals surface area contributed by atoms with Crippen molar-refractivity contribution in [1.29, 1.82) is 0 Å². The Morgan fingerprint density at radius 2 is 1.38 bits per heavy atom. The zero-order chi connectivity index (χ0) is 46.8. The van der Waals surface area contributed by atoms with Gasteiger partial charge in [-0.1, -0.05) is 145 Å². The summed E-state index contributed by atoms with van der Waals surface area (Å²) in [5, 5.41) is 32.6. The van der Waals surface area contributed by atoms with Gasteiger partial charge in [0, 0.05) is 6.42 Å². The summed E-state index contributed by atoms with van der Waals surface area (Å²) < 4.78 is 18.0. The second-order valence-electron chi connectivity index (χ2n) is 21.2. The number of fused-ring (bicyclic) bond motifs is 5. The van der Waals surface area contributed by atoms with E-state index < -0.39 is 30.7 Å². The van der Waals surface area contributed by atoms with Crippen molar-refractivity contribution < 1.29 is 34.3 Å². The van der Waals surface area contributed by atoms with Gasteiger partial charge in [-0.15, -0.1) is 0 Å². The van der Waals surface area contributed by atoms with Crippen LogP contribution >= 0.6 is 0 Å². The van der Waals surface area contributed by atoms with Crippen molar-refractivity contribution in [1.82, 2.24) is 0 Å². The maximum atomic E-state index is 12.6. The van der Waals surface area contributed by atoms with E-state index in [-0.39, 0.29) is 30.5 Å². The molecule has 0 aromatic carbocycles. The van der Waals surface area contributed by atoms with Gasteiger partial charge in [-0.05, 0) is 161 Å². The zero-order valence-electron chi connectivity index (χ0n) is 41.6. The molecule has 3 N–H and O–H groups in total. The molecule has 0 aromatic heterocycles. The minimum Gasteiger partial charge on any atom is -0.463 e. The minimum absolute atomic E-state index is 0.145. The van der Waals surface area contributed by atoms with Gasteiger partial charge >= 0.3 is 5.97 Å². The molecule has 4 aliphatic carbocycles. The van der Waals surface area contributed by atoms with Gasteiger partial charge in [-0.25, -0.2) is 0 Å². The van der Waals surface area contributed by atoms with E-state index in [1.807, 2.05) is 0 Å². The van der Waals surface area contributed by atoms with Gasteiger partial charge in [0.25, 0.3) is 0 Å². The van der Waals surface area contributed by atoms with Crippen LogP contribution in [-0.2, 0) is 19.0 Å². The molecule has 5 aliphatic rings. The molecule has 7 heteroatoms. The van der Waals surface area contributed by atoms with Crippen LogP contribution in [-0.4, -0.2) is 64.7 Å². The Balaban J connectivity index is 0.982. The quantitative estimate of drug-likeness (QED) is 0.0503. The average molecular weight is 899 g/mol. The van der Waals surface area contributed by atoms with E-state index in [1.54, 1.807) is 0 Å². The number of hydrogen-bond donors (Lipinski definition) is 3. The fourth-order valence-corrected chi connectivity index (χ4v) is 12.1. The molecule has 0 bridgehead atoms. The first-order valence-corrected chi connectivity index (χ1v) is 26.1. The van der Waals surface area contributed by atoms with E-state index in [1.165, 1.54) is 31.3 Å². The molecule has 0 aromatic rings. The van der Waals surface area contributed by atoms with E-state index in [2.05, 4.69) is 140 Å². The van der Waals surface area contributed by atoms with Crippen molar-refractivity contribution in [2.45, 2.75) is 201 Å². The molecule has 0 radical (unpaired) electrons. The largest absolute Gasteiger partial charge is 0.463 e. The summed E-state index contributed by atoms with van der Waals surface area (Å²) in [5.41, 5.74) is 2.02. The normalized spacial score (nSPS) is 35.3. The monoisotopic (exact) mass is 899 g/mol. The van der Waals surface area contributed by atoms with Crippen molar-refractivity contribution in [2.75, 3.05) is 6.61 Å². The Kier molecular flexibility index (Phi) is 21.8. The highest BCUT2D eigenvalue weighted by atomic mass is 16.7. The lowest BCUT2D eigenvalue weighted by atomic mass is 9.47. The number of unbranched alkanes of at least 4 members (excludes halogenated alkanes) is 2. The lowest BCUT2D eigenvalue weighted by Crippen LogP contribution is -2.60. The number of carbonyl (C=O) groups excluding carboxylic acids is 1. The van der Waals surface area contributed by atoms with Crippen LogP contribution in [0.2, 0.25) is 0 Å². The highest BCUT2D eigenvalue weighted by Gasteiger charge is 2.59. The van der Waals surface area contributed by atoms with Crippen LogP contribution in [0, 0.1) is 52.3 Å². The van der Waals surface area contributed by atoms with Gasteiger partial charge < -0.3 is 29.5 Å². The highest BCUT2D eigenvalue weighted by molar-refractivity contribution is 5.69. The summed E-state index contributed by atoms with van der Waals surface area (Å²) in [5.74, 6) is 4.45. The lowest BCUT2D eigenvalue weighted by molar-refractivity contribution is -0.313. The molecule has 5 rings (SSSR count). The van der Waals surface area contributed by atoms with Crippen LogP contribution in [0.15, 0.2) is 96.7 Å². The predicted molar refractivity (Wildman–Crippen MR) is 267 cm³/mol. The maximum absolute atomic E-state index is 12.6. The van der Waals surface area contributed by atoms with Crippen molar-refractivity contribution in [3.63, 3.8) is 0 Å². The summed E-state index contributed by atoms with van der Waals surface area (Å²) in [6.07, 6.45) is 45.0. The van der Waals surface area contributed by atoms with Crippen molar-refractivity contribution in [2.24, 2.45) is 52.3 Å². The van der Waals surface area contributed by atoms with Crippen molar-refractivity contribution >= 4 is 5.97 Å². The molecule has 1 heterocycles. The van der Waals surface area contributed by atoms with Crippen molar-refractivity contribution in [3.8, 4) is 0 Å². The summed E-state index contributed by atoms with van der Waals surface area (Å²) in [7, 11) is 0. The second-order valence-corrected chi connectivity index (χ2v) is 21.2. The number of allylic oxidation sites excluding steroid dienone is 15. The molecule has 14 unspecified atom stereocenters. The fourth-order valence-electron chi connectivity index (χ4n) is 12.1. The first-order valence-electron chi connectivity index (χ1n) is 26.1. The summed E-state index contributed by atoms with van der Waals surface area (Å²) in [6.45, 7) is 16.5. The summed E-state index contributed by atoms with van der Waals surface area (Å²) in [4.78, 5) is 12.6. The Labute approximate surface area is 395 Å². The fraction of sp³-hybridized carbons (Fsp3) is 0.707. The Morgan fingerprint density at radius 1 is 0.754 bits per heavy atom. The third-order valence-electron chi connectivity index (χ3n) is 16.5. The van der Waals surface area contributed by atoms with Gasteiger partial charge in [-0.2, -0.15) is 0 Å². The molecular formula is C58H90O7. The molecule has 1 aliphatic heterocycles. The lowest BCUT2D eigenvalue weighted by Gasteiger charge is -2.58. The molecule has 364 valence electrons. The Bertz CT molecular complexity index is 1680. The van der Waals surface area contributed by atoms with Crippen LogP contribution in [0.25, 0.3) is 0 Å².